The van der Waals surface area contributed by atoms with Gasteiger partial charge in [0.2, 0.25) is 0 Å². The van der Waals surface area contributed by atoms with Crippen molar-refractivity contribution >= 4 is 5.82 Å². The van der Waals surface area contributed by atoms with E-state index in [-0.39, 0.29) is 17.8 Å². The van der Waals surface area contributed by atoms with Gasteiger partial charge in [0.25, 0.3) is 0 Å². The maximum Gasteiger partial charge on any atom is 0.158 e. The third-order valence-electron chi connectivity index (χ3n) is 6.03. The topological polar surface area (TPSA) is 76.3 Å². The molecule has 5 rings (SSSR count). The Bertz CT molecular complexity index is 939. The molecule has 2 atom stereocenters. The number of anilines is 1. The summed E-state index contributed by atoms with van der Waals surface area (Å²) in [6.45, 7) is 1.67. The van der Waals surface area contributed by atoms with Crippen LogP contribution in [0.2, 0.25) is 0 Å². The molecule has 2 saturated heterocycles. The number of aliphatic hydroxyl groups excluding tert-OH is 1. The van der Waals surface area contributed by atoms with Gasteiger partial charge >= 0.3 is 0 Å². The van der Waals surface area contributed by atoms with Crippen molar-refractivity contribution in [3.63, 3.8) is 0 Å². The molecule has 1 spiro atoms. The number of ether oxygens (including phenoxy) is 1. The summed E-state index contributed by atoms with van der Waals surface area (Å²) in [4.78, 5) is 11.1. The molecule has 4 heterocycles. The monoisotopic (exact) mass is 391 g/mol. The average Bonchev–Trinajstić information content (AvgIpc) is 3.30. The number of aliphatic hydroxyl groups is 1. The van der Waals surface area contributed by atoms with Gasteiger partial charge in [0, 0.05) is 44.4 Å². The van der Waals surface area contributed by atoms with Gasteiger partial charge in [0.15, 0.2) is 5.82 Å². The summed E-state index contributed by atoms with van der Waals surface area (Å²) in [5.74, 6) is 1.66. The molecule has 2 aromatic heterocycles. The number of nitrogens with zero attached hydrogens (tertiary/aromatic N) is 5. The molecule has 3 aromatic rings. The Balaban J connectivity index is 1.30. The van der Waals surface area contributed by atoms with Crippen molar-refractivity contribution in [1.29, 1.82) is 0 Å². The lowest BCUT2D eigenvalue weighted by atomic mass is 9.81. The number of rotatable bonds is 3. The molecule has 150 valence electrons. The Kier molecular flexibility index (Phi) is 4.77. The Morgan fingerprint density at radius 3 is 2.59 bits per heavy atom. The predicted octanol–water partition coefficient (Wildman–Crippen LogP) is 2.91. The van der Waals surface area contributed by atoms with Crippen LogP contribution in [0.1, 0.15) is 37.4 Å². The predicted molar refractivity (Wildman–Crippen MR) is 109 cm³/mol. The summed E-state index contributed by atoms with van der Waals surface area (Å²) in [5, 5.41) is 14.8. The highest BCUT2D eigenvalue weighted by Gasteiger charge is 2.43. The van der Waals surface area contributed by atoms with E-state index in [1.807, 2.05) is 36.5 Å². The van der Waals surface area contributed by atoms with Crippen molar-refractivity contribution in [1.82, 2.24) is 19.7 Å². The van der Waals surface area contributed by atoms with E-state index in [4.69, 9.17) is 4.74 Å². The second kappa shape index (κ2) is 7.57. The van der Waals surface area contributed by atoms with Crippen LogP contribution in [-0.4, -0.2) is 49.6 Å². The number of piperidine rings is 1. The first-order valence-electron chi connectivity index (χ1n) is 10.2. The molecule has 0 unspecified atom stereocenters. The van der Waals surface area contributed by atoms with Crippen molar-refractivity contribution in [3.05, 3.63) is 66.7 Å². The molecule has 29 heavy (non-hydrogen) atoms. The van der Waals surface area contributed by atoms with Crippen LogP contribution >= 0.6 is 0 Å². The lowest BCUT2D eigenvalue weighted by Gasteiger charge is -2.48. The van der Waals surface area contributed by atoms with Crippen LogP contribution in [0, 0.1) is 0 Å². The van der Waals surface area contributed by atoms with Crippen LogP contribution < -0.4 is 4.90 Å². The van der Waals surface area contributed by atoms with Gasteiger partial charge in [-0.1, -0.05) is 30.3 Å². The first-order valence-corrected chi connectivity index (χ1v) is 10.2. The Labute approximate surface area is 170 Å². The van der Waals surface area contributed by atoms with Crippen molar-refractivity contribution in [2.45, 2.75) is 43.5 Å². The molecule has 2 fully saturated rings. The largest absolute Gasteiger partial charge is 0.393 e. The maximum absolute atomic E-state index is 10.6. The third kappa shape index (κ3) is 3.75. The second-order valence-electron chi connectivity index (χ2n) is 7.97. The highest BCUT2D eigenvalue weighted by molar-refractivity contribution is 5.43. The van der Waals surface area contributed by atoms with Crippen LogP contribution in [0.3, 0.4) is 0 Å². The van der Waals surface area contributed by atoms with E-state index in [0.717, 1.165) is 43.1 Å². The second-order valence-corrected chi connectivity index (χ2v) is 7.97. The average molecular weight is 391 g/mol. The van der Waals surface area contributed by atoms with Crippen molar-refractivity contribution in [3.8, 4) is 5.82 Å². The van der Waals surface area contributed by atoms with Crippen LogP contribution in [0.25, 0.3) is 5.82 Å². The quantitative estimate of drug-likeness (QED) is 0.740. The molecule has 2 aliphatic heterocycles. The fourth-order valence-corrected chi connectivity index (χ4v) is 4.53. The molecular weight excluding hydrogens is 366 g/mol. The van der Waals surface area contributed by atoms with Crippen LogP contribution in [-0.2, 0) is 4.74 Å². The van der Waals surface area contributed by atoms with Gasteiger partial charge in [-0.25, -0.2) is 14.6 Å². The van der Waals surface area contributed by atoms with E-state index < -0.39 is 0 Å². The smallest absolute Gasteiger partial charge is 0.158 e. The minimum absolute atomic E-state index is 0.0445. The standard InChI is InChI=1S/C22H25N5O2/c28-18-13-19(17-5-2-1-3-6-17)29-22(15-18)7-11-26(12-8-22)20-14-21(24-16-23-20)27-10-4-9-25-27/h1-6,9-10,14,16,18-19,28H,7-8,11-13,15H2/t18-,19+/m0/s1. The summed E-state index contributed by atoms with van der Waals surface area (Å²) < 4.78 is 8.34. The van der Waals surface area contributed by atoms with E-state index in [1.54, 1.807) is 17.2 Å². The maximum atomic E-state index is 10.6. The van der Waals surface area contributed by atoms with E-state index >= 15 is 0 Å². The molecule has 1 aromatic carbocycles. The number of aromatic nitrogens is 4. The molecule has 7 heteroatoms. The van der Waals surface area contributed by atoms with Crippen molar-refractivity contribution in [2.24, 2.45) is 0 Å². The van der Waals surface area contributed by atoms with E-state index in [9.17, 15) is 5.11 Å². The van der Waals surface area contributed by atoms with Gasteiger partial charge in [-0.3, -0.25) is 0 Å². The SMILES string of the molecule is O[C@H]1C[C@H](c2ccccc2)OC2(CCN(c3cc(-n4cccn4)ncn3)CC2)C1. The molecule has 7 nitrogen and oxygen atoms in total. The molecule has 0 radical (unpaired) electrons. The Morgan fingerprint density at radius 1 is 1.03 bits per heavy atom. The number of hydrogen-bond acceptors (Lipinski definition) is 6. The van der Waals surface area contributed by atoms with Gasteiger partial charge in [0.1, 0.15) is 12.1 Å². The highest BCUT2D eigenvalue weighted by atomic mass is 16.5. The molecule has 0 bridgehead atoms. The fraction of sp³-hybridized carbons (Fsp3) is 0.409. The summed E-state index contributed by atoms with van der Waals surface area (Å²) in [7, 11) is 0. The van der Waals surface area contributed by atoms with E-state index in [1.165, 1.54) is 0 Å². The van der Waals surface area contributed by atoms with E-state index in [2.05, 4.69) is 32.1 Å². The van der Waals surface area contributed by atoms with E-state index in [0.29, 0.717) is 12.8 Å². The third-order valence-corrected chi connectivity index (χ3v) is 6.03. The minimum Gasteiger partial charge on any atom is -0.393 e. The van der Waals surface area contributed by atoms with Gasteiger partial charge in [-0.2, -0.15) is 5.10 Å². The summed E-state index contributed by atoms with van der Waals surface area (Å²) in [5.41, 5.74) is 0.875. The molecule has 0 amide bonds. The lowest BCUT2D eigenvalue weighted by molar-refractivity contribution is -0.173. The van der Waals surface area contributed by atoms with Gasteiger partial charge in [0.05, 0.1) is 17.8 Å². The molecule has 0 aliphatic carbocycles. The molecular formula is C22H25N5O2. The number of hydrogen-bond donors (Lipinski definition) is 1. The highest BCUT2D eigenvalue weighted by Crippen LogP contribution is 2.43. The first kappa shape index (κ1) is 18.3. The van der Waals surface area contributed by atoms with Crippen molar-refractivity contribution < 1.29 is 9.84 Å². The molecule has 0 saturated carbocycles. The fourth-order valence-electron chi connectivity index (χ4n) is 4.53. The van der Waals surface area contributed by atoms with Gasteiger partial charge in [-0.05, 0) is 24.5 Å². The Hall–Kier alpha value is -2.77. The Morgan fingerprint density at radius 2 is 1.83 bits per heavy atom. The van der Waals surface area contributed by atoms with Crippen LogP contribution in [0.15, 0.2) is 61.2 Å². The van der Waals surface area contributed by atoms with Gasteiger partial charge < -0.3 is 14.7 Å². The van der Waals surface area contributed by atoms with Crippen LogP contribution in [0.5, 0.6) is 0 Å². The minimum atomic E-state index is -0.328. The summed E-state index contributed by atoms with van der Waals surface area (Å²) >= 11 is 0. The zero-order valence-corrected chi connectivity index (χ0v) is 16.3. The zero-order valence-electron chi connectivity index (χ0n) is 16.3. The number of benzene rings is 1. The normalized spacial score (nSPS) is 24.0. The van der Waals surface area contributed by atoms with Crippen molar-refractivity contribution in [2.75, 3.05) is 18.0 Å². The lowest BCUT2D eigenvalue weighted by Crippen LogP contribution is -2.51. The summed E-state index contributed by atoms with van der Waals surface area (Å²) in [6.07, 6.45) is 7.93. The molecule has 1 N–H and O–H groups in total. The molecule has 2 aliphatic rings. The van der Waals surface area contributed by atoms with Gasteiger partial charge in [-0.15, -0.1) is 0 Å². The van der Waals surface area contributed by atoms with Crippen LogP contribution in [0.4, 0.5) is 5.82 Å². The zero-order chi connectivity index (χ0) is 19.7. The first-order chi connectivity index (χ1) is 14.2. The summed E-state index contributed by atoms with van der Waals surface area (Å²) in [6, 6.07) is 14.1.